The first-order valence-corrected chi connectivity index (χ1v) is 4.73. The predicted molar refractivity (Wildman–Crippen MR) is 54.9 cm³/mol. The zero-order valence-electron chi connectivity index (χ0n) is 8.90. The van der Waals surface area contributed by atoms with Crippen LogP contribution in [-0.4, -0.2) is 31.4 Å². The highest BCUT2D eigenvalue weighted by atomic mass is 19.1. The van der Waals surface area contributed by atoms with Crippen LogP contribution >= 0.6 is 0 Å². The molecule has 88 valence electrons. The van der Waals surface area contributed by atoms with E-state index in [1.807, 2.05) is 0 Å². The lowest BCUT2D eigenvalue weighted by atomic mass is 10.1. The molecule has 0 saturated carbocycles. The summed E-state index contributed by atoms with van der Waals surface area (Å²) in [6, 6.07) is 3.92. The number of carboxylic acids is 1. The maximum atomic E-state index is 13.2. The van der Waals surface area contributed by atoms with Gasteiger partial charge in [-0.05, 0) is 17.7 Å². The van der Waals surface area contributed by atoms with Crippen molar-refractivity contribution in [3.8, 4) is 0 Å². The van der Waals surface area contributed by atoms with Gasteiger partial charge in [0.05, 0.1) is 25.4 Å². The molecule has 1 aromatic rings. The van der Waals surface area contributed by atoms with E-state index in [-0.39, 0.29) is 12.2 Å². The van der Waals surface area contributed by atoms with Crippen LogP contribution in [0.4, 0.5) is 4.39 Å². The number of hydrogen-bond acceptors (Lipinski definition) is 3. The molecule has 1 aromatic carbocycles. The van der Waals surface area contributed by atoms with Crippen molar-refractivity contribution >= 4 is 5.97 Å². The normalized spacial score (nSPS) is 10.4. The number of rotatable bonds is 6. The second-order valence-electron chi connectivity index (χ2n) is 3.16. The summed E-state index contributed by atoms with van der Waals surface area (Å²) < 4.78 is 23.2. The van der Waals surface area contributed by atoms with Gasteiger partial charge in [-0.25, -0.2) is 9.18 Å². The molecule has 0 spiro atoms. The van der Waals surface area contributed by atoms with Gasteiger partial charge in [-0.3, -0.25) is 0 Å². The quantitative estimate of drug-likeness (QED) is 0.753. The Morgan fingerprint density at radius 1 is 1.44 bits per heavy atom. The van der Waals surface area contributed by atoms with Gasteiger partial charge in [-0.2, -0.15) is 0 Å². The van der Waals surface area contributed by atoms with Crippen LogP contribution in [0.15, 0.2) is 18.2 Å². The minimum absolute atomic E-state index is 0.236. The summed E-state index contributed by atoms with van der Waals surface area (Å²) in [7, 11) is 1.56. The first-order valence-electron chi connectivity index (χ1n) is 4.73. The van der Waals surface area contributed by atoms with Crippen LogP contribution in [0.1, 0.15) is 15.9 Å². The molecule has 4 nitrogen and oxygen atoms in total. The average molecular weight is 228 g/mol. The van der Waals surface area contributed by atoms with Crippen molar-refractivity contribution in [1.82, 2.24) is 0 Å². The van der Waals surface area contributed by atoms with Crippen molar-refractivity contribution in [2.45, 2.75) is 6.61 Å². The molecule has 0 unspecified atom stereocenters. The largest absolute Gasteiger partial charge is 0.478 e. The van der Waals surface area contributed by atoms with Crippen molar-refractivity contribution in [3.63, 3.8) is 0 Å². The summed E-state index contributed by atoms with van der Waals surface area (Å²) >= 11 is 0. The maximum absolute atomic E-state index is 13.2. The van der Waals surface area contributed by atoms with Crippen LogP contribution < -0.4 is 0 Å². The fraction of sp³-hybridized carbons (Fsp3) is 0.364. The van der Waals surface area contributed by atoms with E-state index in [2.05, 4.69) is 0 Å². The van der Waals surface area contributed by atoms with E-state index in [0.717, 1.165) is 6.07 Å². The Morgan fingerprint density at radius 2 is 2.19 bits per heavy atom. The molecular formula is C11H13FO4. The predicted octanol–water partition coefficient (Wildman–Crippen LogP) is 1.69. The summed E-state index contributed by atoms with van der Waals surface area (Å²) in [5.41, 5.74) is 0.263. The van der Waals surface area contributed by atoms with Gasteiger partial charge in [0.25, 0.3) is 0 Å². The Hall–Kier alpha value is -1.46. The Balaban J connectivity index is 2.56. The molecule has 1 rings (SSSR count). The molecule has 0 saturated heterocycles. The number of methoxy groups -OCH3 is 1. The zero-order valence-corrected chi connectivity index (χ0v) is 8.90. The van der Waals surface area contributed by atoms with Gasteiger partial charge < -0.3 is 14.6 Å². The Bertz CT molecular complexity index is 365. The Morgan fingerprint density at radius 3 is 2.75 bits per heavy atom. The third-order valence-electron chi connectivity index (χ3n) is 1.96. The van der Waals surface area contributed by atoms with Crippen LogP contribution in [0.2, 0.25) is 0 Å². The van der Waals surface area contributed by atoms with Gasteiger partial charge in [-0.1, -0.05) is 6.07 Å². The number of carboxylic acid groups (broad SMARTS) is 1. The minimum atomic E-state index is -1.27. The lowest BCUT2D eigenvalue weighted by Gasteiger charge is -2.05. The summed E-state index contributed by atoms with van der Waals surface area (Å²) in [4.78, 5) is 10.5. The molecule has 0 aliphatic rings. The number of hydrogen-bond donors (Lipinski definition) is 1. The molecule has 0 atom stereocenters. The molecule has 0 aliphatic carbocycles. The van der Waals surface area contributed by atoms with Crippen molar-refractivity contribution in [2.24, 2.45) is 0 Å². The monoisotopic (exact) mass is 228 g/mol. The van der Waals surface area contributed by atoms with Gasteiger partial charge in [0, 0.05) is 7.11 Å². The first kappa shape index (κ1) is 12.6. The average Bonchev–Trinajstić information content (AvgIpc) is 2.24. The number of benzene rings is 1. The summed E-state index contributed by atoms with van der Waals surface area (Å²) in [5, 5.41) is 8.61. The topological polar surface area (TPSA) is 55.8 Å². The summed E-state index contributed by atoms with van der Waals surface area (Å²) in [6.45, 7) is 1.12. The summed E-state index contributed by atoms with van der Waals surface area (Å²) in [6.07, 6.45) is 0. The van der Waals surface area contributed by atoms with Gasteiger partial charge in [0.15, 0.2) is 0 Å². The molecule has 0 bridgehead atoms. The molecule has 0 radical (unpaired) electrons. The SMILES string of the molecule is COCCOCc1ccc(C(=O)O)c(F)c1. The van der Waals surface area contributed by atoms with E-state index in [1.54, 1.807) is 7.11 Å². The van der Waals surface area contributed by atoms with E-state index in [0.29, 0.717) is 18.8 Å². The fourth-order valence-electron chi connectivity index (χ4n) is 1.15. The van der Waals surface area contributed by atoms with Crippen molar-refractivity contribution in [2.75, 3.05) is 20.3 Å². The lowest BCUT2D eigenvalue weighted by molar-refractivity contribution is 0.0614. The molecular weight excluding hydrogens is 215 g/mol. The molecule has 0 fully saturated rings. The van der Waals surface area contributed by atoms with Crippen LogP contribution in [0, 0.1) is 5.82 Å². The van der Waals surface area contributed by atoms with Crippen LogP contribution in [0.5, 0.6) is 0 Å². The number of aromatic carboxylic acids is 1. The van der Waals surface area contributed by atoms with Gasteiger partial charge in [0.2, 0.25) is 0 Å². The Labute approximate surface area is 92.6 Å². The highest BCUT2D eigenvalue weighted by Gasteiger charge is 2.10. The molecule has 0 aromatic heterocycles. The summed E-state index contributed by atoms with van der Waals surface area (Å²) in [5.74, 6) is -2.02. The minimum Gasteiger partial charge on any atom is -0.478 e. The standard InChI is InChI=1S/C11H13FO4/c1-15-4-5-16-7-8-2-3-9(11(13)14)10(12)6-8/h2-3,6H,4-5,7H2,1H3,(H,13,14). The van der Waals surface area contributed by atoms with E-state index in [9.17, 15) is 9.18 Å². The fourth-order valence-corrected chi connectivity index (χ4v) is 1.15. The van der Waals surface area contributed by atoms with Gasteiger partial charge in [0.1, 0.15) is 5.82 Å². The molecule has 1 N–H and O–H groups in total. The van der Waals surface area contributed by atoms with Crippen LogP contribution in [0.25, 0.3) is 0 Å². The van der Waals surface area contributed by atoms with Gasteiger partial charge in [-0.15, -0.1) is 0 Å². The molecule has 0 amide bonds. The second kappa shape index (κ2) is 6.19. The van der Waals surface area contributed by atoms with Crippen LogP contribution in [-0.2, 0) is 16.1 Å². The van der Waals surface area contributed by atoms with E-state index in [4.69, 9.17) is 14.6 Å². The molecule has 0 aliphatic heterocycles. The zero-order chi connectivity index (χ0) is 12.0. The molecule has 16 heavy (non-hydrogen) atoms. The maximum Gasteiger partial charge on any atom is 0.338 e. The number of ether oxygens (including phenoxy) is 2. The molecule has 5 heteroatoms. The van der Waals surface area contributed by atoms with E-state index in [1.165, 1.54) is 12.1 Å². The Kier molecular flexibility index (Phi) is 4.88. The smallest absolute Gasteiger partial charge is 0.338 e. The van der Waals surface area contributed by atoms with Crippen molar-refractivity contribution < 1.29 is 23.8 Å². The number of carbonyl (C=O) groups is 1. The third-order valence-corrected chi connectivity index (χ3v) is 1.96. The van der Waals surface area contributed by atoms with Crippen molar-refractivity contribution in [3.05, 3.63) is 35.1 Å². The number of halogens is 1. The first-order chi connectivity index (χ1) is 7.65. The highest BCUT2D eigenvalue weighted by Crippen LogP contribution is 2.11. The second-order valence-corrected chi connectivity index (χ2v) is 3.16. The van der Waals surface area contributed by atoms with E-state index < -0.39 is 11.8 Å². The van der Waals surface area contributed by atoms with Crippen LogP contribution in [0.3, 0.4) is 0 Å². The third kappa shape index (κ3) is 3.60. The van der Waals surface area contributed by atoms with E-state index >= 15 is 0 Å². The highest BCUT2D eigenvalue weighted by molar-refractivity contribution is 5.87. The lowest BCUT2D eigenvalue weighted by Crippen LogP contribution is -2.04. The van der Waals surface area contributed by atoms with Gasteiger partial charge >= 0.3 is 5.97 Å². The molecule has 0 heterocycles. The van der Waals surface area contributed by atoms with Crippen molar-refractivity contribution in [1.29, 1.82) is 0 Å².